The van der Waals surface area contributed by atoms with Gasteiger partial charge >= 0.3 is 5.97 Å². The summed E-state index contributed by atoms with van der Waals surface area (Å²) in [6, 6.07) is 1.83. The molecule has 0 aliphatic carbocycles. The van der Waals surface area contributed by atoms with Crippen LogP contribution in [0.15, 0.2) is 18.5 Å². The van der Waals surface area contributed by atoms with E-state index in [1.807, 2.05) is 6.07 Å². The van der Waals surface area contributed by atoms with Gasteiger partial charge in [0.1, 0.15) is 5.65 Å². The first kappa shape index (κ1) is 12.1. The highest BCUT2D eigenvalue weighted by molar-refractivity contribution is 7.16. The zero-order valence-corrected chi connectivity index (χ0v) is 11.2. The van der Waals surface area contributed by atoms with Crippen LogP contribution in [0.2, 0.25) is 5.02 Å². The van der Waals surface area contributed by atoms with E-state index >= 15 is 0 Å². The second kappa shape index (κ2) is 4.60. The van der Waals surface area contributed by atoms with Gasteiger partial charge in [-0.05, 0) is 6.07 Å². The lowest BCUT2D eigenvalue weighted by atomic mass is 10.2. The molecule has 0 aromatic carbocycles. The lowest BCUT2D eigenvalue weighted by Crippen LogP contribution is -1.99. The summed E-state index contributed by atoms with van der Waals surface area (Å²) in [5, 5.41) is 9.75. The van der Waals surface area contributed by atoms with Crippen molar-refractivity contribution in [2.45, 2.75) is 0 Å². The third kappa shape index (κ3) is 1.96. The fourth-order valence-electron chi connectivity index (χ4n) is 1.63. The molecule has 0 aliphatic heterocycles. The summed E-state index contributed by atoms with van der Waals surface area (Å²) in [6.07, 6.45) is 3.36. The summed E-state index contributed by atoms with van der Waals surface area (Å²) in [5.41, 5.74) is 1.34. The van der Waals surface area contributed by atoms with E-state index in [-0.39, 0.29) is 5.01 Å². The van der Waals surface area contributed by atoms with Crippen LogP contribution in [0.25, 0.3) is 21.6 Å². The van der Waals surface area contributed by atoms with Gasteiger partial charge in [-0.15, -0.1) is 10.2 Å². The highest BCUT2D eigenvalue weighted by Crippen LogP contribution is 2.34. The van der Waals surface area contributed by atoms with Crippen LogP contribution in [0.1, 0.15) is 9.80 Å². The van der Waals surface area contributed by atoms with Gasteiger partial charge in [0.25, 0.3) is 0 Å². The number of fused-ring (bicyclic) bond motifs is 1. The molecule has 3 aromatic heterocycles. The molecule has 3 heterocycles. The summed E-state index contributed by atoms with van der Waals surface area (Å²) < 4.78 is 4.59. The van der Waals surface area contributed by atoms with Crippen LogP contribution >= 0.6 is 22.9 Å². The molecule has 0 bridgehead atoms. The summed E-state index contributed by atoms with van der Waals surface area (Å²) >= 11 is 7.42. The molecule has 0 spiro atoms. The number of rotatable bonds is 2. The number of nitrogens with one attached hydrogen (secondary N) is 1. The lowest BCUT2D eigenvalue weighted by molar-refractivity contribution is 0.0599. The van der Waals surface area contributed by atoms with Crippen LogP contribution in [0.3, 0.4) is 0 Å². The number of pyridine rings is 1. The molecular weight excluding hydrogens is 288 g/mol. The van der Waals surface area contributed by atoms with Gasteiger partial charge in [0.05, 0.1) is 17.7 Å². The summed E-state index contributed by atoms with van der Waals surface area (Å²) in [5.74, 6) is -0.518. The average molecular weight is 295 g/mol. The highest BCUT2D eigenvalue weighted by Gasteiger charge is 2.17. The van der Waals surface area contributed by atoms with Crippen LogP contribution in [0.5, 0.6) is 0 Å². The number of methoxy groups -OCH3 is 1. The number of halogens is 1. The van der Waals surface area contributed by atoms with Crippen molar-refractivity contribution in [1.29, 1.82) is 0 Å². The van der Waals surface area contributed by atoms with E-state index < -0.39 is 5.97 Å². The van der Waals surface area contributed by atoms with E-state index in [0.29, 0.717) is 21.2 Å². The summed E-state index contributed by atoms with van der Waals surface area (Å²) in [6.45, 7) is 0. The molecule has 19 heavy (non-hydrogen) atoms. The van der Waals surface area contributed by atoms with Gasteiger partial charge in [-0.2, -0.15) is 0 Å². The largest absolute Gasteiger partial charge is 0.464 e. The number of carbonyl (C=O) groups excluding carboxylic acids is 1. The summed E-state index contributed by atoms with van der Waals surface area (Å²) in [7, 11) is 1.30. The van der Waals surface area contributed by atoms with E-state index in [2.05, 4.69) is 24.9 Å². The number of nitrogens with zero attached hydrogens (tertiary/aromatic N) is 3. The molecule has 0 aliphatic rings. The number of aromatic amines is 1. The van der Waals surface area contributed by atoms with E-state index in [4.69, 9.17) is 11.6 Å². The number of ether oxygens (including phenoxy) is 1. The second-order valence-corrected chi connectivity index (χ2v) is 4.99. The van der Waals surface area contributed by atoms with Crippen molar-refractivity contribution in [3.8, 4) is 10.6 Å². The van der Waals surface area contributed by atoms with Crippen LogP contribution < -0.4 is 0 Å². The van der Waals surface area contributed by atoms with E-state index in [1.165, 1.54) is 7.11 Å². The maximum Gasteiger partial charge on any atom is 0.369 e. The first-order chi connectivity index (χ1) is 9.20. The topological polar surface area (TPSA) is 80.8 Å². The molecule has 3 rings (SSSR count). The Labute approximate surface area is 116 Å². The Bertz CT molecular complexity index is 767. The van der Waals surface area contributed by atoms with Crippen molar-refractivity contribution in [3.05, 3.63) is 28.5 Å². The Morgan fingerprint density at radius 3 is 3.11 bits per heavy atom. The molecule has 8 heteroatoms. The number of aromatic nitrogens is 4. The molecule has 0 unspecified atom stereocenters. The van der Waals surface area contributed by atoms with Crippen LogP contribution in [-0.2, 0) is 4.74 Å². The van der Waals surface area contributed by atoms with Crippen LogP contribution in [-0.4, -0.2) is 33.2 Å². The molecule has 0 amide bonds. The summed E-state index contributed by atoms with van der Waals surface area (Å²) in [4.78, 5) is 18.6. The number of hydrogen-bond acceptors (Lipinski definition) is 6. The molecule has 96 valence electrons. The van der Waals surface area contributed by atoms with Crippen molar-refractivity contribution < 1.29 is 9.53 Å². The van der Waals surface area contributed by atoms with Gasteiger partial charge in [0.2, 0.25) is 5.01 Å². The maximum atomic E-state index is 11.3. The molecule has 0 radical (unpaired) electrons. The number of H-pyrrole nitrogens is 1. The Kier molecular flexibility index (Phi) is 2.92. The normalized spacial score (nSPS) is 10.8. The smallest absolute Gasteiger partial charge is 0.369 e. The standard InChI is InChI=1S/C11H7ClN4O2S/c1-18-11(17)10-16-15-9(19-10)6-4-14-8-5(7(6)12)2-3-13-8/h2-4H,1H3,(H,13,14). The van der Waals surface area contributed by atoms with Crippen molar-refractivity contribution in [3.63, 3.8) is 0 Å². The minimum Gasteiger partial charge on any atom is -0.464 e. The third-order valence-electron chi connectivity index (χ3n) is 2.54. The Morgan fingerprint density at radius 1 is 1.47 bits per heavy atom. The van der Waals surface area contributed by atoms with Crippen molar-refractivity contribution in [2.75, 3.05) is 7.11 Å². The van der Waals surface area contributed by atoms with Gasteiger partial charge in [0.15, 0.2) is 5.01 Å². The van der Waals surface area contributed by atoms with Crippen molar-refractivity contribution >= 4 is 39.9 Å². The van der Waals surface area contributed by atoms with E-state index in [1.54, 1.807) is 12.4 Å². The SMILES string of the molecule is COC(=O)c1nnc(-c2cnc3[nH]ccc3c2Cl)s1. The lowest BCUT2D eigenvalue weighted by Gasteiger charge is -1.99. The molecular formula is C11H7ClN4O2S. The molecule has 0 saturated heterocycles. The zero-order valence-electron chi connectivity index (χ0n) is 9.68. The zero-order chi connectivity index (χ0) is 13.4. The van der Waals surface area contributed by atoms with Crippen molar-refractivity contribution in [1.82, 2.24) is 20.2 Å². The average Bonchev–Trinajstić information content (AvgIpc) is 3.07. The molecule has 3 aromatic rings. The molecule has 6 nitrogen and oxygen atoms in total. The van der Waals surface area contributed by atoms with Gasteiger partial charge in [0, 0.05) is 17.8 Å². The number of esters is 1. The fourth-order valence-corrected chi connectivity index (χ4v) is 2.75. The van der Waals surface area contributed by atoms with Crippen LogP contribution in [0, 0.1) is 0 Å². The first-order valence-electron chi connectivity index (χ1n) is 5.24. The molecule has 0 fully saturated rings. The predicted octanol–water partition coefficient (Wildman–Crippen LogP) is 2.52. The number of carbonyl (C=O) groups is 1. The first-order valence-corrected chi connectivity index (χ1v) is 6.44. The predicted molar refractivity (Wildman–Crippen MR) is 71.3 cm³/mol. The van der Waals surface area contributed by atoms with E-state index in [9.17, 15) is 4.79 Å². The molecule has 1 N–H and O–H groups in total. The Hall–Kier alpha value is -1.99. The van der Waals surface area contributed by atoms with E-state index in [0.717, 1.165) is 16.7 Å². The highest BCUT2D eigenvalue weighted by atomic mass is 35.5. The van der Waals surface area contributed by atoms with Gasteiger partial charge < -0.3 is 9.72 Å². The molecule has 0 atom stereocenters. The van der Waals surface area contributed by atoms with Gasteiger partial charge in [-0.25, -0.2) is 9.78 Å². The number of hydrogen-bond donors (Lipinski definition) is 1. The Morgan fingerprint density at radius 2 is 2.32 bits per heavy atom. The van der Waals surface area contributed by atoms with Gasteiger partial charge in [-0.1, -0.05) is 22.9 Å². The Balaban J connectivity index is 2.11. The maximum absolute atomic E-state index is 11.3. The minimum atomic E-state index is -0.518. The fraction of sp³-hybridized carbons (Fsp3) is 0.0909. The molecule has 0 saturated carbocycles. The third-order valence-corrected chi connectivity index (χ3v) is 3.88. The second-order valence-electron chi connectivity index (χ2n) is 3.63. The quantitative estimate of drug-likeness (QED) is 0.735. The van der Waals surface area contributed by atoms with Crippen LogP contribution in [0.4, 0.5) is 0 Å². The van der Waals surface area contributed by atoms with Crippen molar-refractivity contribution in [2.24, 2.45) is 0 Å². The monoisotopic (exact) mass is 294 g/mol. The minimum absolute atomic E-state index is 0.183. The van der Waals surface area contributed by atoms with Gasteiger partial charge in [-0.3, -0.25) is 0 Å².